The SMILES string of the molecule is CC(=O)Nc1ccc(NC(=O)CSCc2csc(NC(=O)Cc3ccccc3)n2)cc1. The molecular weight excluding hydrogens is 432 g/mol. The number of hydrogen-bond donors (Lipinski definition) is 3. The molecule has 3 aromatic rings. The van der Waals surface area contributed by atoms with E-state index in [1.54, 1.807) is 24.3 Å². The Hall–Kier alpha value is -3.17. The topological polar surface area (TPSA) is 100 Å². The van der Waals surface area contributed by atoms with Crippen molar-refractivity contribution >= 4 is 57.3 Å². The molecule has 9 heteroatoms. The number of anilines is 3. The van der Waals surface area contributed by atoms with Gasteiger partial charge in [-0.3, -0.25) is 14.4 Å². The van der Waals surface area contributed by atoms with Crippen LogP contribution in [0.2, 0.25) is 0 Å². The summed E-state index contributed by atoms with van der Waals surface area (Å²) in [5.41, 5.74) is 3.10. The lowest BCUT2D eigenvalue weighted by atomic mass is 10.1. The van der Waals surface area contributed by atoms with Gasteiger partial charge in [0.05, 0.1) is 17.9 Å². The lowest BCUT2D eigenvalue weighted by molar-refractivity contribution is -0.116. The van der Waals surface area contributed by atoms with Crippen LogP contribution < -0.4 is 16.0 Å². The molecule has 0 radical (unpaired) electrons. The fourth-order valence-corrected chi connectivity index (χ4v) is 4.21. The van der Waals surface area contributed by atoms with E-state index in [-0.39, 0.29) is 23.5 Å². The zero-order valence-electron chi connectivity index (χ0n) is 16.9. The Labute approximate surface area is 188 Å². The quantitative estimate of drug-likeness (QED) is 0.451. The maximum Gasteiger partial charge on any atom is 0.234 e. The van der Waals surface area contributed by atoms with Gasteiger partial charge in [-0.1, -0.05) is 30.3 Å². The van der Waals surface area contributed by atoms with Crippen molar-refractivity contribution in [2.45, 2.75) is 19.1 Å². The Balaban J connectivity index is 1.38. The van der Waals surface area contributed by atoms with Crippen LogP contribution in [0.5, 0.6) is 0 Å². The van der Waals surface area contributed by atoms with Crippen molar-refractivity contribution in [2.24, 2.45) is 0 Å². The van der Waals surface area contributed by atoms with Gasteiger partial charge in [0.25, 0.3) is 0 Å². The second-order valence-electron chi connectivity index (χ2n) is 6.65. The van der Waals surface area contributed by atoms with E-state index < -0.39 is 0 Å². The average Bonchev–Trinajstić information content (AvgIpc) is 3.17. The maximum absolute atomic E-state index is 12.1. The van der Waals surface area contributed by atoms with Crippen molar-refractivity contribution in [2.75, 3.05) is 21.7 Å². The third-order valence-electron chi connectivity index (χ3n) is 3.98. The van der Waals surface area contributed by atoms with Crippen molar-refractivity contribution in [1.29, 1.82) is 0 Å². The number of carbonyl (C=O) groups is 3. The maximum atomic E-state index is 12.1. The van der Waals surface area contributed by atoms with Gasteiger partial charge in [-0.2, -0.15) is 0 Å². The predicted octanol–water partition coefficient (Wildman–Crippen LogP) is 4.15. The zero-order valence-corrected chi connectivity index (χ0v) is 18.5. The van der Waals surface area contributed by atoms with Crippen LogP contribution in [0.25, 0.3) is 0 Å². The largest absolute Gasteiger partial charge is 0.326 e. The molecule has 0 saturated carbocycles. The number of carbonyl (C=O) groups excluding carboxylic acids is 3. The van der Waals surface area contributed by atoms with Gasteiger partial charge in [0.1, 0.15) is 0 Å². The van der Waals surface area contributed by atoms with E-state index >= 15 is 0 Å². The Morgan fingerprint density at radius 1 is 0.903 bits per heavy atom. The first-order valence-corrected chi connectivity index (χ1v) is 11.5. The van der Waals surface area contributed by atoms with E-state index in [0.717, 1.165) is 11.3 Å². The van der Waals surface area contributed by atoms with Crippen LogP contribution in [0, 0.1) is 0 Å². The van der Waals surface area contributed by atoms with Crippen LogP contribution in [0.4, 0.5) is 16.5 Å². The number of hydrogen-bond acceptors (Lipinski definition) is 6. The molecule has 3 amide bonds. The van der Waals surface area contributed by atoms with Crippen LogP contribution in [-0.4, -0.2) is 28.5 Å². The molecule has 0 unspecified atom stereocenters. The van der Waals surface area contributed by atoms with Crippen molar-refractivity contribution in [3.8, 4) is 0 Å². The summed E-state index contributed by atoms with van der Waals surface area (Å²) in [6.45, 7) is 1.44. The highest BCUT2D eigenvalue weighted by molar-refractivity contribution is 7.99. The van der Waals surface area contributed by atoms with Crippen LogP contribution in [-0.2, 0) is 26.6 Å². The van der Waals surface area contributed by atoms with Crippen LogP contribution in [0.1, 0.15) is 18.2 Å². The van der Waals surface area contributed by atoms with Gasteiger partial charge in [0.2, 0.25) is 17.7 Å². The minimum absolute atomic E-state index is 0.108. The first-order valence-electron chi connectivity index (χ1n) is 9.51. The second kappa shape index (κ2) is 11.3. The highest BCUT2D eigenvalue weighted by Gasteiger charge is 2.09. The standard InChI is InChI=1S/C22H22N4O3S2/c1-15(27)23-17-7-9-18(10-8-17)24-21(29)14-30-12-19-13-31-22(25-19)26-20(28)11-16-5-3-2-4-6-16/h2-10,13H,11-12,14H2,1H3,(H,23,27)(H,24,29)(H,25,26,28). The Morgan fingerprint density at radius 2 is 1.58 bits per heavy atom. The van der Waals surface area contributed by atoms with Gasteiger partial charge in [-0.15, -0.1) is 23.1 Å². The summed E-state index contributed by atoms with van der Waals surface area (Å²) in [5, 5.41) is 10.7. The van der Waals surface area contributed by atoms with Gasteiger partial charge >= 0.3 is 0 Å². The zero-order chi connectivity index (χ0) is 22.1. The number of nitrogens with one attached hydrogen (secondary N) is 3. The molecule has 0 bridgehead atoms. The molecule has 2 aromatic carbocycles. The molecule has 0 aliphatic carbocycles. The fourth-order valence-electron chi connectivity index (χ4n) is 2.66. The third-order valence-corrected chi connectivity index (χ3v) is 5.75. The first kappa shape index (κ1) is 22.5. The van der Waals surface area contributed by atoms with E-state index in [4.69, 9.17) is 0 Å². The number of thiazole rings is 1. The normalized spacial score (nSPS) is 10.4. The highest BCUT2D eigenvalue weighted by atomic mass is 32.2. The molecule has 1 heterocycles. The van der Waals surface area contributed by atoms with Gasteiger partial charge in [0.15, 0.2) is 5.13 Å². The first-order chi connectivity index (χ1) is 15.0. The molecular formula is C22H22N4O3S2. The van der Waals surface area contributed by atoms with E-state index in [1.807, 2.05) is 35.7 Å². The Morgan fingerprint density at radius 3 is 2.26 bits per heavy atom. The molecule has 0 atom stereocenters. The molecule has 0 saturated heterocycles. The molecule has 7 nitrogen and oxygen atoms in total. The fraction of sp³-hybridized carbons (Fsp3) is 0.182. The van der Waals surface area contributed by atoms with E-state index in [1.165, 1.54) is 30.0 Å². The van der Waals surface area contributed by atoms with Crippen molar-refractivity contribution < 1.29 is 14.4 Å². The molecule has 1 aromatic heterocycles. The minimum atomic E-state index is -0.144. The molecule has 0 aliphatic rings. The van der Waals surface area contributed by atoms with Crippen molar-refractivity contribution in [3.05, 3.63) is 71.2 Å². The van der Waals surface area contributed by atoms with E-state index in [0.29, 0.717) is 28.7 Å². The average molecular weight is 455 g/mol. The summed E-state index contributed by atoms with van der Waals surface area (Å²) < 4.78 is 0. The smallest absolute Gasteiger partial charge is 0.234 e. The molecule has 3 rings (SSSR count). The molecule has 0 spiro atoms. The number of benzene rings is 2. The monoisotopic (exact) mass is 454 g/mol. The minimum Gasteiger partial charge on any atom is -0.326 e. The summed E-state index contributed by atoms with van der Waals surface area (Å²) in [6.07, 6.45) is 0.302. The summed E-state index contributed by atoms with van der Waals surface area (Å²) in [5.74, 6) is 0.474. The molecule has 31 heavy (non-hydrogen) atoms. The Bertz CT molecular complexity index is 1040. The van der Waals surface area contributed by atoms with Crippen LogP contribution in [0.3, 0.4) is 0 Å². The van der Waals surface area contributed by atoms with E-state index in [2.05, 4.69) is 20.9 Å². The number of rotatable bonds is 9. The van der Waals surface area contributed by atoms with Crippen molar-refractivity contribution in [1.82, 2.24) is 4.98 Å². The Kier molecular flexibility index (Phi) is 8.19. The number of amides is 3. The molecule has 0 aliphatic heterocycles. The summed E-state index contributed by atoms with van der Waals surface area (Å²) in [6, 6.07) is 16.5. The van der Waals surface area contributed by atoms with Crippen LogP contribution >= 0.6 is 23.1 Å². The lowest BCUT2D eigenvalue weighted by Crippen LogP contribution is -2.14. The van der Waals surface area contributed by atoms with Gasteiger partial charge in [0, 0.05) is 29.4 Å². The van der Waals surface area contributed by atoms with E-state index in [9.17, 15) is 14.4 Å². The number of nitrogens with zero attached hydrogens (tertiary/aromatic N) is 1. The van der Waals surface area contributed by atoms with Gasteiger partial charge < -0.3 is 16.0 Å². The molecule has 160 valence electrons. The van der Waals surface area contributed by atoms with Crippen LogP contribution in [0.15, 0.2) is 60.0 Å². The third kappa shape index (κ3) is 7.88. The number of aromatic nitrogens is 1. The molecule has 0 fully saturated rings. The van der Waals surface area contributed by atoms with Gasteiger partial charge in [-0.25, -0.2) is 4.98 Å². The number of thioether (sulfide) groups is 1. The summed E-state index contributed by atoms with van der Waals surface area (Å²) in [7, 11) is 0. The predicted molar refractivity (Wildman–Crippen MR) is 126 cm³/mol. The van der Waals surface area contributed by atoms with Crippen molar-refractivity contribution in [3.63, 3.8) is 0 Å². The summed E-state index contributed by atoms with van der Waals surface area (Å²) >= 11 is 2.81. The molecule has 3 N–H and O–H groups in total. The second-order valence-corrected chi connectivity index (χ2v) is 8.50. The van der Waals surface area contributed by atoms with Gasteiger partial charge in [-0.05, 0) is 29.8 Å². The highest BCUT2D eigenvalue weighted by Crippen LogP contribution is 2.20. The lowest BCUT2D eigenvalue weighted by Gasteiger charge is -2.06. The summed E-state index contributed by atoms with van der Waals surface area (Å²) in [4.78, 5) is 39.7.